The predicted octanol–water partition coefficient (Wildman–Crippen LogP) is 4.78. The van der Waals surface area contributed by atoms with E-state index in [0.29, 0.717) is 0 Å². The summed E-state index contributed by atoms with van der Waals surface area (Å²) in [7, 11) is 0. The molecule has 0 aromatic heterocycles. The number of aryl methyl sites for hydroxylation is 1. The zero-order chi connectivity index (χ0) is 16.8. The molecule has 0 aliphatic carbocycles. The largest absolute Gasteiger partial charge is 0.335 e. The number of anilines is 1. The molecule has 1 unspecified atom stereocenters. The number of carbonyl (C=O) groups is 1. The molecule has 0 saturated carbocycles. The summed E-state index contributed by atoms with van der Waals surface area (Å²) in [6, 6.07) is 15.9. The lowest BCUT2D eigenvalue weighted by atomic mass is 10.0. The third-order valence-corrected chi connectivity index (χ3v) is 3.65. The van der Waals surface area contributed by atoms with Gasteiger partial charge in [0, 0.05) is 11.7 Å². The number of rotatable bonds is 5. The minimum atomic E-state index is -0.183. The second kappa shape index (κ2) is 7.63. The summed E-state index contributed by atoms with van der Waals surface area (Å²) in [5.41, 5.74) is 5.34. The minimum absolute atomic E-state index is 0.0424. The molecule has 120 valence electrons. The highest BCUT2D eigenvalue weighted by molar-refractivity contribution is 5.89. The van der Waals surface area contributed by atoms with Crippen LogP contribution in [0.4, 0.5) is 10.5 Å². The topological polar surface area (TPSA) is 41.1 Å². The van der Waals surface area contributed by atoms with Crippen LogP contribution in [-0.2, 0) is 6.42 Å². The third kappa shape index (κ3) is 5.29. The van der Waals surface area contributed by atoms with Crippen molar-refractivity contribution in [3.63, 3.8) is 0 Å². The van der Waals surface area contributed by atoms with E-state index in [4.69, 9.17) is 0 Å². The van der Waals surface area contributed by atoms with Crippen LogP contribution in [0.1, 0.15) is 30.5 Å². The van der Waals surface area contributed by atoms with Crippen LogP contribution in [0, 0.1) is 6.92 Å². The molecule has 23 heavy (non-hydrogen) atoms. The van der Waals surface area contributed by atoms with Gasteiger partial charge in [-0.25, -0.2) is 4.79 Å². The number of amides is 2. The molecular formula is C20H24N2O. The van der Waals surface area contributed by atoms with Gasteiger partial charge < -0.3 is 10.6 Å². The van der Waals surface area contributed by atoms with E-state index in [0.717, 1.165) is 23.2 Å². The Morgan fingerprint density at radius 2 is 1.87 bits per heavy atom. The summed E-state index contributed by atoms with van der Waals surface area (Å²) < 4.78 is 0. The molecule has 0 heterocycles. The van der Waals surface area contributed by atoms with Gasteiger partial charge in [-0.05, 0) is 50.5 Å². The van der Waals surface area contributed by atoms with Gasteiger partial charge in [-0.3, -0.25) is 0 Å². The molecule has 0 radical (unpaired) electrons. The lowest BCUT2D eigenvalue weighted by molar-refractivity contribution is 0.249. The SMILES string of the molecule is C=C(C)c1cccc(CC(C)NC(=O)Nc2ccc(C)cc2)c1. The highest BCUT2D eigenvalue weighted by Crippen LogP contribution is 2.14. The van der Waals surface area contributed by atoms with Gasteiger partial charge in [0.05, 0.1) is 0 Å². The number of hydrogen-bond donors (Lipinski definition) is 2. The molecular weight excluding hydrogens is 284 g/mol. The van der Waals surface area contributed by atoms with E-state index >= 15 is 0 Å². The second-order valence-corrected chi connectivity index (χ2v) is 6.05. The standard InChI is InChI=1S/C20H24N2O/c1-14(2)18-7-5-6-17(13-18)12-16(4)21-20(23)22-19-10-8-15(3)9-11-19/h5-11,13,16H,1,12H2,2-4H3,(H2,21,22,23). The quantitative estimate of drug-likeness (QED) is 0.820. The average Bonchev–Trinajstić information content (AvgIpc) is 2.49. The first-order chi connectivity index (χ1) is 10.9. The molecule has 0 fully saturated rings. The van der Waals surface area contributed by atoms with Gasteiger partial charge in [0.25, 0.3) is 0 Å². The van der Waals surface area contributed by atoms with Gasteiger partial charge in [-0.1, -0.05) is 54.1 Å². The van der Waals surface area contributed by atoms with E-state index in [9.17, 15) is 4.79 Å². The monoisotopic (exact) mass is 308 g/mol. The van der Waals surface area contributed by atoms with E-state index in [1.807, 2.05) is 57.2 Å². The highest BCUT2D eigenvalue weighted by atomic mass is 16.2. The molecule has 2 rings (SSSR count). The maximum Gasteiger partial charge on any atom is 0.319 e. The highest BCUT2D eigenvalue weighted by Gasteiger charge is 2.09. The van der Waals surface area contributed by atoms with Gasteiger partial charge in [-0.15, -0.1) is 0 Å². The van der Waals surface area contributed by atoms with Crippen molar-refractivity contribution in [1.29, 1.82) is 0 Å². The lowest BCUT2D eigenvalue weighted by Crippen LogP contribution is -2.37. The Balaban J connectivity index is 1.90. The molecule has 1 atom stereocenters. The molecule has 2 N–H and O–H groups in total. The van der Waals surface area contributed by atoms with Crippen molar-refractivity contribution < 1.29 is 4.79 Å². The van der Waals surface area contributed by atoms with Crippen LogP contribution in [0.15, 0.2) is 55.1 Å². The Bertz CT molecular complexity index is 689. The van der Waals surface area contributed by atoms with Gasteiger partial charge in [0.1, 0.15) is 0 Å². The van der Waals surface area contributed by atoms with Crippen LogP contribution >= 0.6 is 0 Å². The summed E-state index contributed by atoms with van der Waals surface area (Å²) in [5.74, 6) is 0. The number of allylic oxidation sites excluding steroid dienone is 1. The van der Waals surface area contributed by atoms with Crippen LogP contribution in [0.3, 0.4) is 0 Å². The van der Waals surface area contributed by atoms with Crippen molar-refractivity contribution in [1.82, 2.24) is 5.32 Å². The van der Waals surface area contributed by atoms with Crippen LogP contribution in [0.5, 0.6) is 0 Å². The maximum absolute atomic E-state index is 12.0. The van der Waals surface area contributed by atoms with E-state index in [2.05, 4.69) is 29.3 Å². The Morgan fingerprint density at radius 1 is 1.17 bits per heavy atom. The third-order valence-electron chi connectivity index (χ3n) is 3.65. The molecule has 0 bridgehead atoms. The van der Waals surface area contributed by atoms with Crippen molar-refractivity contribution in [2.75, 3.05) is 5.32 Å². The zero-order valence-corrected chi connectivity index (χ0v) is 14.0. The number of carbonyl (C=O) groups excluding carboxylic acids is 1. The smallest absolute Gasteiger partial charge is 0.319 e. The van der Waals surface area contributed by atoms with Gasteiger partial charge >= 0.3 is 6.03 Å². The Labute approximate surface area is 138 Å². The average molecular weight is 308 g/mol. The van der Waals surface area contributed by atoms with Crippen LogP contribution in [0.2, 0.25) is 0 Å². The second-order valence-electron chi connectivity index (χ2n) is 6.05. The molecule has 0 aliphatic heterocycles. The van der Waals surface area contributed by atoms with E-state index in [-0.39, 0.29) is 12.1 Å². The fraction of sp³-hybridized carbons (Fsp3) is 0.250. The molecule has 0 aliphatic rings. The first-order valence-corrected chi connectivity index (χ1v) is 7.83. The molecule has 0 saturated heterocycles. The van der Waals surface area contributed by atoms with Crippen LogP contribution in [0.25, 0.3) is 5.57 Å². The molecule has 2 amide bonds. The first-order valence-electron chi connectivity index (χ1n) is 7.83. The zero-order valence-electron chi connectivity index (χ0n) is 14.0. The number of benzene rings is 2. The minimum Gasteiger partial charge on any atom is -0.335 e. The van der Waals surface area contributed by atoms with Gasteiger partial charge in [0.2, 0.25) is 0 Å². The fourth-order valence-corrected chi connectivity index (χ4v) is 2.40. The summed E-state index contributed by atoms with van der Waals surface area (Å²) in [5, 5.41) is 5.82. The normalized spacial score (nSPS) is 11.6. The first kappa shape index (κ1) is 16.8. The molecule has 3 nitrogen and oxygen atoms in total. The summed E-state index contributed by atoms with van der Waals surface area (Å²) in [6.45, 7) is 9.98. The summed E-state index contributed by atoms with van der Waals surface area (Å²) >= 11 is 0. The van der Waals surface area contributed by atoms with Crippen molar-refractivity contribution in [3.05, 3.63) is 71.8 Å². The molecule has 3 heteroatoms. The molecule has 0 spiro atoms. The van der Waals surface area contributed by atoms with Crippen molar-refractivity contribution in [2.45, 2.75) is 33.2 Å². The Kier molecular flexibility index (Phi) is 5.58. The number of nitrogens with one attached hydrogen (secondary N) is 2. The Hall–Kier alpha value is -2.55. The molecule has 2 aromatic rings. The summed E-state index contributed by atoms with van der Waals surface area (Å²) in [4.78, 5) is 12.0. The fourth-order valence-electron chi connectivity index (χ4n) is 2.40. The van der Waals surface area contributed by atoms with Gasteiger partial charge in [0.15, 0.2) is 0 Å². The van der Waals surface area contributed by atoms with Gasteiger partial charge in [-0.2, -0.15) is 0 Å². The van der Waals surface area contributed by atoms with Crippen LogP contribution < -0.4 is 10.6 Å². The van der Waals surface area contributed by atoms with E-state index in [1.165, 1.54) is 11.1 Å². The van der Waals surface area contributed by atoms with Crippen molar-refractivity contribution in [2.24, 2.45) is 0 Å². The van der Waals surface area contributed by atoms with Crippen molar-refractivity contribution >= 4 is 17.3 Å². The lowest BCUT2D eigenvalue weighted by Gasteiger charge is -2.15. The number of urea groups is 1. The summed E-state index contributed by atoms with van der Waals surface area (Å²) in [6.07, 6.45) is 0.780. The van der Waals surface area contributed by atoms with E-state index < -0.39 is 0 Å². The Morgan fingerprint density at radius 3 is 2.52 bits per heavy atom. The molecule has 2 aromatic carbocycles. The predicted molar refractivity (Wildman–Crippen MR) is 97.6 cm³/mol. The van der Waals surface area contributed by atoms with Crippen molar-refractivity contribution in [3.8, 4) is 0 Å². The van der Waals surface area contributed by atoms with Crippen LogP contribution in [-0.4, -0.2) is 12.1 Å². The maximum atomic E-state index is 12.0. The van der Waals surface area contributed by atoms with E-state index in [1.54, 1.807) is 0 Å². The number of hydrogen-bond acceptors (Lipinski definition) is 1.